The van der Waals surface area contributed by atoms with E-state index in [-0.39, 0.29) is 0 Å². The summed E-state index contributed by atoms with van der Waals surface area (Å²) in [7, 11) is 0. The van der Waals surface area contributed by atoms with Crippen LogP contribution in [0.4, 0.5) is 5.13 Å². The van der Waals surface area contributed by atoms with Crippen molar-refractivity contribution in [1.29, 1.82) is 0 Å². The quantitative estimate of drug-likeness (QED) is 0.900. The van der Waals surface area contributed by atoms with Crippen LogP contribution in [0.2, 0.25) is 0 Å². The molecule has 1 fully saturated rings. The molecule has 1 aromatic rings. The average molecular weight is 253 g/mol. The normalized spacial score (nSPS) is 21.9. The lowest BCUT2D eigenvalue weighted by Crippen LogP contribution is -2.24. The summed E-state index contributed by atoms with van der Waals surface area (Å²) < 4.78 is 0. The summed E-state index contributed by atoms with van der Waals surface area (Å²) in [6.45, 7) is 7.55. The van der Waals surface area contributed by atoms with E-state index < -0.39 is 0 Å². The van der Waals surface area contributed by atoms with Gasteiger partial charge in [-0.05, 0) is 31.1 Å². The molecule has 0 saturated carbocycles. The van der Waals surface area contributed by atoms with Gasteiger partial charge in [0.1, 0.15) is 0 Å². The van der Waals surface area contributed by atoms with E-state index in [0.29, 0.717) is 6.54 Å². The van der Waals surface area contributed by atoms with Crippen molar-refractivity contribution in [3.05, 3.63) is 11.1 Å². The zero-order valence-corrected chi connectivity index (χ0v) is 11.7. The molecule has 17 heavy (non-hydrogen) atoms. The Morgan fingerprint density at radius 2 is 2.29 bits per heavy atom. The summed E-state index contributed by atoms with van der Waals surface area (Å²) in [6, 6.07) is 0. The number of thiazole rings is 1. The molecule has 0 radical (unpaired) electrons. The minimum atomic E-state index is 0.555. The van der Waals surface area contributed by atoms with Gasteiger partial charge >= 0.3 is 0 Å². The molecule has 1 atom stereocenters. The lowest BCUT2D eigenvalue weighted by atomic mass is 9.89. The zero-order chi connectivity index (χ0) is 12.3. The predicted octanol–water partition coefficient (Wildman–Crippen LogP) is 2.86. The van der Waals surface area contributed by atoms with E-state index in [2.05, 4.69) is 29.1 Å². The highest BCUT2D eigenvalue weighted by Gasteiger charge is 2.20. The van der Waals surface area contributed by atoms with Gasteiger partial charge in [-0.25, -0.2) is 4.98 Å². The number of anilines is 1. The van der Waals surface area contributed by atoms with Crippen molar-refractivity contribution in [2.75, 3.05) is 18.0 Å². The highest BCUT2D eigenvalue weighted by Crippen LogP contribution is 2.28. The molecular formula is C13H23N3S. The highest BCUT2D eigenvalue weighted by atomic mass is 32.1. The van der Waals surface area contributed by atoms with Gasteiger partial charge in [-0.15, -0.1) is 11.3 Å². The van der Waals surface area contributed by atoms with Gasteiger partial charge in [0, 0.05) is 25.0 Å². The topological polar surface area (TPSA) is 42.2 Å². The third-order valence-electron chi connectivity index (χ3n) is 3.73. The van der Waals surface area contributed by atoms with Crippen molar-refractivity contribution < 1.29 is 0 Å². The molecule has 96 valence electrons. The highest BCUT2D eigenvalue weighted by molar-refractivity contribution is 7.13. The number of rotatable bonds is 3. The molecule has 1 unspecified atom stereocenters. The van der Waals surface area contributed by atoms with E-state index in [9.17, 15) is 0 Å². The van der Waals surface area contributed by atoms with Crippen LogP contribution in [0.5, 0.6) is 0 Å². The summed E-state index contributed by atoms with van der Waals surface area (Å²) in [5.74, 6) is 1.69. The molecule has 2 rings (SSSR count). The fraction of sp³-hybridized carbons (Fsp3) is 0.769. The van der Waals surface area contributed by atoms with Crippen LogP contribution in [0, 0.1) is 11.8 Å². The molecule has 2 heterocycles. The monoisotopic (exact) mass is 253 g/mol. The summed E-state index contributed by atoms with van der Waals surface area (Å²) in [5, 5.41) is 3.25. The fourth-order valence-corrected chi connectivity index (χ4v) is 3.41. The number of hydrogen-bond donors (Lipinski definition) is 1. The van der Waals surface area contributed by atoms with Crippen LogP contribution in [0.25, 0.3) is 0 Å². The van der Waals surface area contributed by atoms with Crippen molar-refractivity contribution in [2.45, 2.75) is 39.7 Å². The van der Waals surface area contributed by atoms with Crippen LogP contribution in [0.1, 0.15) is 38.8 Å². The van der Waals surface area contributed by atoms with Gasteiger partial charge in [-0.2, -0.15) is 0 Å². The van der Waals surface area contributed by atoms with Crippen LogP contribution in [0.15, 0.2) is 5.38 Å². The van der Waals surface area contributed by atoms with E-state index >= 15 is 0 Å². The number of nitrogens with two attached hydrogens (primary N) is 1. The van der Waals surface area contributed by atoms with Crippen LogP contribution in [-0.2, 0) is 6.54 Å². The summed E-state index contributed by atoms with van der Waals surface area (Å²) in [4.78, 5) is 7.02. The Morgan fingerprint density at radius 1 is 1.47 bits per heavy atom. The van der Waals surface area contributed by atoms with Crippen molar-refractivity contribution in [3.63, 3.8) is 0 Å². The molecular weight excluding hydrogens is 230 g/mol. The van der Waals surface area contributed by atoms with E-state index in [1.807, 2.05) is 0 Å². The molecule has 2 N–H and O–H groups in total. The van der Waals surface area contributed by atoms with E-state index in [4.69, 9.17) is 5.73 Å². The van der Waals surface area contributed by atoms with Gasteiger partial charge in [-0.1, -0.05) is 13.8 Å². The molecule has 0 bridgehead atoms. The Kier molecular flexibility index (Phi) is 4.40. The Labute approximate surface area is 108 Å². The van der Waals surface area contributed by atoms with Gasteiger partial charge in [0.15, 0.2) is 5.13 Å². The van der Waals surface area contributed by atoms with Crippen molar-refractivity contribution in [1.82, 2.24) is 4.98 Å². The zero-order valence-electron chi connectivity index (χ0n) is 10.9. The van der Waals surface area contributed by atoms with Gasteiger partial charge in [-0.3, -0.25) is 0 Å². The summed E-state index contributed by atoms with van der Waals surface area (Å²) >= 11 is 1.73. The third kappa shape index (κ3) is 3.19. The minimum Gasteiger partial charge on any atom is -0.348 e. The van der Waals surface area contributed by atoms with Gasteiger partial charge < -0.3 is 10.6 Å². The molecule has 1 aliphatic heterocycles. The summed E-state index contributed by atoms with van der Waals surface area (Å²) in [6.07, 6.45) is 3.96. The van der Waals surface area contributed by atoms with Crippen molar-refractivity contribution >= 4 is 16.5 Å². The Hall–Kier alpha value is -0.610. The summed E-state index contributed by atoms with van der Waals surface area (Å²) in [5.41, 5.74) is 6.63. The van der Waals surface area contributed by atoms with E-state index in [1.54, 1.807) is 11.3 Å². The molecule has 0 spiro atoms. The van der Waals surface area contributed by atoms with Gasteiger partial charge in [0.05, 0.1) is 5.69 Å². The SMILES string of the molecule is CC(C)C1CCCN(c2nc(CN)cs2)CC1. The Bertz CT molecular complexity index is 348. The van der Waals surface area contributed by atoms with Crippen molar-refractivity contribution in [3.8, 4) is 0 Å². The molecule has 1 saturated heterocycles. The predicted molar refractivity (Wildman–Crippen MR) is 74.4 cm³/mol. The first kappa shape index (κ1) is 12.8. The minimum absolute atomic E-state index is 0.555. The maximum absolute atomic E-state index is 5.61. The largest absolute Gasteiger partial charge is 0.348 e. The first-order chi connectivity index (χ1) is 8.20. The lowest BCUT2D eigenvalue weighted by Gasteiger charge is -2.20. The first-order valence-corrected chi connectivity index (χ1v) is 7.48. The molecule has 0 amide bonds. The maximum Gasteiger partial charge on any atom is 0.185 e. The van der Waals surface area contributed by atoms with Gasteiger partial charge in [0.2, 0.25) is 0 Å². The van der Waals surface area contributed by atoms with Crippen LogP contribution in [0.3, 0.4) is 0 Å². The smallest absolute Gasteiger partial charge is 0.185 e. The molecule has 1 aliphatic rings. The van der Waals surface area contributed by atoms with E-state index in [1.165, 1.54) is 19.3 Å². The Morgan fingerprint density at radius 3 is 2.94 bits per heavy atom. The molecule has 4 heteroatoms. The van der Waals surface area contributed by atoms with Crippen LogP contribution in [-0.4, -0.2) is 18.1 Å². The second-order valence-electron chi connectivity index (χ2n) is 5.25. The Balaban J connectivity index is 1.98. The molecule has 1 aromatic heterocycles. The average Bonchev–Trinajstić information content (AvgIpc) is 2.65. The second-order valence-corrected chi connectivity index (χ2v) is 6.08. The number of hydrogen-bond acceptors (Lipinski definition) is 4. The van der Waals surface area contributed by atoms with Gasteiger partial charge in [0.25, 0.3) is 0 Å². The fourth-order valence-electron chi connectivity index (χ4n) is 2.52. The number of aromatic nitrogens is 1. The lowest BCUT2D eigenvalue weighted by molar-refractivity contribution is 0.351. The van der Waals surface area contributed by atoms with Crippen molar-refractivity contribution in [2.24, 2.45) is 17.6 Å². The molecule has 3 nitrogen and oxygen atoms in total. The van der Waals surface area contributed by atoms with Crippen LogP contribution >= 0.6 is 11.3 Å². The van der Waals surface area contributed by atoms with E-state index in [0.717, 1.165) is 35.8 Å². The second kappa shape index (κ2) is 5.83. The maximum atomic E-state index is 5.61. The number of nitrogens with zero attached hydrogens (tertiary/aromatic N) is 2. The first-order valence-electron chi connectivity index (χ1n) is 6.60. The third-order valence-corrected chi connectivity index (χ3v) is 4.69. The molecule has 0 aromatic carbocycles. The molecule has 0 aliphatic carbocycles. The standard InChI is InChI=1S/C13H23N3S/c1-10(2)11-4-3-6-16(7-5-11)13-15-12(8-14)9-17-13/h9-11H,3-8,14H2,1-2H3. The van der Waals surface area contributed by atoms with Crippen LogP contribution < -0.4 is 10.6 Å².